The summed E-state index contributed by atoms with van der Waals surface area (Å²) in [4.78, 5) is 0. The van der Waals surface area contributed by atoms with E-state index in [1.807, 2.05) is 30.5 Å². The van der Waals surface area contributed by atoms with Gasteiger partial charge in [-0.05, 0) is 6.92 Å². The zero-order chi connectivity index (χ0) is 10.2. The molecule has 0 atom stereocenters. The van der Waals surface area contributed by atoms with E-state index in [0.717, 1.165) is 22.0 Å². The summed E-state index contributed by atoms with van der Waals surface area (Å²) >= 11 is 0. The van der Waals surface area contributed by atoms with Crippen LogP contribution in [-0.2, 0) is 0 Å². The number of hydrogen-bond acceptors (Lipinski definition) is 0. The Hall–Kier alpha value is -0.915. The molecule has 4 heteroatoms. The molecule has 0 nitrogen and oxygen atoms in total. The summed E-state index contributed by atoms with van der Waals surface area (Å²) < 4.78 is 13.6. The lowest BCUT2D eigenvalue weighted by Crippen LogP contribution is -2.38. The monoisotopic (exact) mass is 172 g/mol. The molecule has 1 rings (SSSR count). The van der Waals surface area contributed by atoms with Gasteiger partial charge in [-0.3, -0.25) is 0 Å². The first kappa shape index (κ1) is 10.2. The molecule has 1 aromatic carbocycles. The molecule has 0 fully saturated rings. The molecule has 0 saturated heterocycles. The lowest BCUT2D eigenvalue weighted by molar-refractivity contribution is 0.635. The van der Waals surface area contributed by atoms with Crippen molar-refractivity contribution < 1.29 is 4.39 Å². The first-order valence-electron chi connectivity index (χ1n) is 4.39. The SMILES string of the molecule is Bc1c(B)c(F)c(C=C)c(B)c1C. The first-order chi connectivity index (χ1) is 6.00. The predicted molar refractivity (Wildman–Crippen MR) is 65.8 cm³/mol. The van der Waals surface area contributed by atoms with Gasteiger partial charge in [-0.25, -0.2) is 4.39 Å². The molecular weight excluding hydrogens is 160 g/mol. The van der Waals surface area contributed by atoms with Crippen LogP contribution in [0.15, 0.2) is 6.58 Å². The molecule has 0 aliphatic heterocycles. The van der Waals surface area contributed by atoms with E-state index in [0.29, 0.717) is 5.56 Å². The lowest BCUT2D eigenvalue weighted by atomic mass is 9.71. The molecule has 64 valence electrons. The second-order valence-electron chi connectivity index (χ2n) is 3.43. The van der Waals surface area contributed by atoms with Gasteiger partial charge in [0, 0.05) is 5.56 Å². The minimum Gasteiger partial charge on any atom is -0.207 e. The Morgan fingerprint density at radius 3 is 2.15 bits per heavy atom. The van der Waals surface area contributed by atoms with Gasteiger partial charge in [0.2, 0.25) is 0 Å². The van der Waals surface area contributed by atoms with E-state index in [9.17, 15) is 4.39 Å². The third kappa shape index (κ3) is 1.45. The van der Waals surface area contributed by atoms with Crippen LogP contribution in [0.4, 0.5) is 4.39 Å². The fourth-order valence-electron chi connectivity index (χ4n) is 1.54. The van der Waals surface area contributed by atoms with Crippen LogP contribution in [-0.4, -0.2) is 23.5 Å². The molecule has 0 aromatic heterocycles. The number of rotatable bonds is 1. The standard InChI is InChI=1S/C9H12B3F/c1-3-5-6(10)4(2)7(11)8(12)9(5)13/h3H,1,10-12H2,2H3. The summed E-state index contributed by atoms with van der Waals surface area (Å²) in [6.07, 6.45) is 1.59. The van der Waals surface area contributed by atoms with Crippen LogP contribution in [0.3, 0.4) is 0 Å². The van der Waals surface area contributed by atoms with Crippen LogP contribution in [0.5, 0.6) is 0 Å². The highest BCUT2D eigenvalue weighted by atomic mass is 19.1. The molecule has 0 saturated carbocycles. The van der Waals surface area contributed by atoms with E-state index in [-0.39, 0.29) is 5.82 Å². The average Bonchev–Trinajstić information content (AvgIpc) is 2.13. The van der Waals surface area contributed by atoms with Gasteiger partial charge >= 0.3 is 0 Å². The first-order valence-corrected chi connectivity index (χ1v) is 4.39. The summed E-state index contributed by atoms with van der Waals surface area (Å²) in [7, 11) is 5.69. The van der Waals surface area contributed by atoms with E-state index in [1.165, 1.54) is 0 Å². The Bertz CT molecular complexity index is 343. The highest BCUT2D eigenvalue weighted by Gasteiger charge is 2.11. The topological polar surface area (TPSA) is 0 Å². The van der Waals surface area contributed by atoms with Crippen LogP contribution < -0.4 is 16.4 Å². The van der Waals surface area contributed by atoms with Crippen molar-refractivity contribution >= 4 is 46.0 Å². The van der Waals surface area contributed by atoms with Gasteiger partial charge in [-0.15, -0.1) is 0 Å². The summed E-state index contributed by atoms with van der Waals surface area (Å²) in [5, 5.41) is 0. The Kier molecular flexibility index (Phi) is 2.70. The third-order valence-electron chi connectivity index (χ3n) is 2.86. The van der Waals surface area contributed by atoms with Crippen molar-refractivity contribution in [2.24, 2.45) is 0 Å². The van der Waals surface area contributed by atoms with Crippen LogP contribution in [0.25, 0.3) is 6.08 Å². The van der Waals surface area contributed by atoms with Gasteiger partial charge in [0.1, 0.15) is 29.4 Å². The average molecular weight is 172 g/mol. The fraction of sp³-hybridized carbons (Fsp3) is 0.111. The largest absolute Gasteiger partial charge is 0.207 e. The summed E-state index contributed by atoms with van der Waals surface area (Å²) in [6.45, 7) is 5.64. The van der Waals surface area contributed by atoms with Crippen LogP contribution in [0.2, 0.25) is 0 Å². The fourth-order valence-corrected chi connectivity index (χ4v) is 1.54. The quantitative estimate of drug-likeness (QED) is 0.412. The van der Waals surface area contributed by atoms with E-state index >= 15 is 0 Å². The van der Waals surface area contributed by atoms with Crippen LogP contribution >= 0.6 is 0 Å². The van der Waals surface area contributed by atoms with Crippen molar-refractivity contribution in [3.63, 3.8) is 0 Å². The second kappa shape index (κ2) is 3.45. The molecule has 0 radical (unpaired) electrons. The molecule has 13 heavy (non-hydrogen) atoms. The maximum absolute atomic E-state index is 13.6. The summed E-state index contributed by atoms with van der Waals surface area (Å²) in [6, 6.07) is 0. The summed E-state index contributed by atoms with van der Waals surface area (Å²) in [5.41, 5.74) is 4.57. The summed E-state index contributed by atoms with van der Waals surface area (Å²) in [5.74, 6) is -0.129. The molecule has 0 amide bonds. The highest BCUT2D eigenvalue weighted by molar-refractivity contribution is 6.51. The smallest absolute Gasteiger partial charge is 0.142 e. The van der Waals surface area contributed by atoms with Crippen LogP contribution in [0.1, 0.15) is 11.1 Å². The lowest BCUT2D eigenvalue weighted by Gasteiger charge is -2.14. The van der Waals surface area contributed by atoms with Gasteiger partial charge in [-0.2, -0.15) is 0 Å². The van der Waals surface area contributed by atoms with E-state index in [1.54, 1.807) is 6.08 Å². The number of benzene rings is 1. The van der Waals surface area contributed by atoms with E-state index < -0.39 is 0 Å². The van der Waals surface area contributed by atoms with Crippen molar-refractivity contribution in [3.8, 4) is 0 Å². The van der Waals surface area contributed by atoms with Gasteiger partial charge in [0.05, 0.1) is 0 Å². The van der Waals surface area contributed by atoms with E-state index in [4.69, 9.17) is 0 Å². The molecular formula is C9H12B3F. The molecule has 0 aliphatic carbocycles. The Labute approximate surface area is 81.5 Å². The van der Waals surface area contributed by atoms with Gasteiger partial charge in [-0.1, -0.05) is 34.6 Å². The maximum atomic E-state index is 13.6. The molecule has 0 spiro atoms. The molecule has 0 unspecified atom stereocenters. The zero-order valence-electron chi connectivity index (χ0n) is 8.66. The molecule has 1 aromatic rings. The second-order valence-corrected chi connectivity index (χ2v) is 3.43. The molecule has 0 heterocycles. The Morgan fingerprint density at radius 2 is 1.69 bits per heavy atom. The van der Waals surface area contributed by atoms with Crippen molar-refractivity contribution in [3.05, 3.63) is 23.5 Å². The predicted octanol–water partition coefficient (Wildman–Crippen LogP) is -2.45. The van der Waals surface area contributed by atoms with Gasteiger partial charge in [0.15, 0.2) is 0 Å². The number of hydrogen-bond donors (Lipinski definition) is 0. The van der Waals surface area contributed by atoms with E-state index in [2.05, 4.69) is 6.58 Å². The van der Waals surface area contributed by atoms with Crippen molar-refractivity contribution in [2.45, 2.75) is 6.92 Å². The van der Waals surface area contributed by atoms with Gasteiger partial charge in [0.25, 0.3) is 0 Å². The van der Waals surface area contributed by atoms with Crippen molar-refractivity contribution in [1.82, 2.24) is 0 Å². The van der Waals surface area contributed by atoms with Gasteiger partial charge < -0.3 is 0 Å². The molecule has 0 bridgehead atoms. The zero-order valence-corrected chi connectivity index (χ0v) is 8.66. The third-order valence-corrected chi connectivity index (χ3v) is 2.86. The Morgan fingerprint density at radius 1 is 1.15 bits per heavy atom. The van der Waals surface area contributed by atoms with Crippen molar-refractivity contribution in [2.75, 3.05) is 0 Å². The molecule has 0 N–H and O–H groups in total. The minimum atomic E-state index is -0.129. The van der Waals surface area contributed by atoms with Crippen LogP contribution in [0, 0.1) is 12.7 Å². The molecule has 0 aliphatic rings. The van der Waals surface area contributed by atoms with Crippen molar-refractivity contribution in [1.29, 1.82) is 0 Å². The number of halogens is 1. The minimum absolute atomic E-state index is 0.129. The maximum Gasteiger partial charge on any atom is 0.142 e. The highest BCUT2D eigenvalue weighted by Crippen LogP contribution is 2.03. The Balaban J connectivity index is 3.66. The normalized spacial score (nSPS) is 10.0.